The fraction of sp³-hybridized carbons (Fsp3) is 1.00. The Morgan fingerprint density at radius 1 is 1.35 bits per heavy atom. The standard InChI is InChI=1S/C12H24N2O3/c1-13-7-12(3-2-4-17-9-12)8-14-5-10(15)11(16)6-14/h10-11,13,15-16H,2-9H2,1H3. The summed E-state index contributed by atoms with van der Waals surface area (Å²) >= 11 is 0. The number of ether oxygens (including phenoxy) is 1. The summed E-state index contributed by atoms with van der Waals surface area (Å²) in [5, 5.41) is 22.4. The van der Waals surface area contributed by atoms with Gasteiger partial charge in [-0.2, -0.15) is 0 Å². The van der Waals surface area contributed by atoms with Crippen LogP contribution in [0, 0.1) is 5.41 Å². The molecule has 0 aromatic rings. The molecule has 3 atom stereocenters. The number of nitrogens with one attached hydrogen (secondary N) is 1. The first-order valence-electron chi connectivity index (χ1n) is 6.46. The van der Waals surface area contributed by atoms with E-state index in [2.05, 4.69) is 10.2 Å². The molecule has 2 aliphatic heterocycles. The molecule has 5 heteroatoms. The maximum Gasteiger partial charge on any atom is 0.0938 e. The van der Waals surface area contributed by atoms with Gasteiger partial charge in [0.15, 0.2) is 0 Å². The van der Waals surface area contributed by atoms with Crippen LogP contribution in [0.4, 0.5) is 0 Å². The van der Waals surface area contributed by atoms with Crippen LogP contribution < -0.4 is 5.32 Å². The Balaban J connectivity index is 1.93. The van der Waals surface area contributed by atoms with E-state index in [1.54, 1.807) is 0 Å². The van der Waals surface area contributed by atoms with Gasteiger partial charge in [-0.05, 0) is 19.9 Å². The second-order valence-corrected chi connectivity index (χ2v) is 5.52. The third kappa shape index (κ3) is 3.17. The molecule has 2 rings (SSSR count). The van der Waals surface area contributed by atoms with Crippen LogP contribution >= 0.6 is 0 Å². The lowest BCUT2D eigenvalue weighted by Crippen LogP contribution is -2.48. The van der Waals surface area contributed by atoms with Crippen LogP contribution in [0.3, 0.4) is 0 Å². The Kier molecular flexibility index (Phi) is 4.38. The van der Waals surface area contributed by atoms with Crippen LogP contribution in [0.5, 0.6) is 0 Å². The quantitative estimate of drug-likeness (QED) is 0.594. The average molecular weight is 244 g/mol. The zero-order chi connectivity index (χ0) is 12.3. The van der Waals surface area contributed by atoms with Crippen LogP contribution in [0.2, 0.25) is 0 Å². The SMILES string of the molecule is CNCC1(CN2CC(O)C(O)C2)CCCOC1. The minimum atomic E-state index is -0.592. The molecule has 2 fully saturated rings. The van der Waals surface area contributed by atoms with Crippen molar-refractivity contribution >= 4 is 0 Å². The highest BCUT2D eigenvalue weighted by molar-refractivity contribution is 4.91. The molecule has 0 aliphatic carbocycles. The summed E-state index contributed by atoms with van der Waals surface area (Å²) in [7, 11) is 1.96. The van der Waals surface area contributed by atoms with E-state index in [1.807, 2.05) is 7.05 Å². The number of β-amino-alcohol motifs (C(OH)–C–C–N with tert-alkyl or cyclic N) is 2. The smallest absolute Gasteiger partial charge is 0.0938 e. The van der Waals surface area contributed by atoms with E-state index in [0.717, 1.165) is 39.1 Å². The second kappa shape index (κ2) is 5.63. The van der Waals surface area contributed by atoms with Crippen molar-refractivity contribution in [3.05, 3.63) is 0 Å². The van der Waals surface area contributed by atoms with Gasteiger partial charge in [-0.3, -0.25) is 4.90 Å². The molecule has 17 heavy (non-hydrogen) atoms. The number of likely N-dealkylation sites (tertiary alicyclic amines) is 1. The lowest BCUT2D eigenvalue weighted by molar-refractivity contribution is -0.0238. The largest absolute Gasteiger partial charge is 0.389 e. The summed E-state index contributed by atoms with van der Waals surface area (Å²) in [6, 6.07) is 0. The van der Waals surface area contributed by atoms with Crippen LogP contribution in [0.15, 0.2) is 0 Å². The maximum atomic E-state index is 9.57. The summed E-state index contributed by atoms with van der Waals surface area (Å²) in [5.74, 6) is 0. The van der Waals surface area contributed by atoms with Gasteiger partial charge in [-0.1, -0.05) is 0 Å². The average Bonchev–Trinajstić information content (AvgIpc) is 2.59. The third-order valence-corrected chi connectivity index (χ3v) is 3.85. The van der Waals surface area contributed by atoms with Crippen molar-refractivity contribution in [1.29, 1.82) is 0 Å². The van der Waals surface area contributed by atoms with Crippen molar-refractivity contribution in [2.24, 2.45) is 5.41 Å². The number of aliphatic hydroxyl groups is 2. The molecule has 5 nitrogen and oxygen atoms in total. The van der Waals surface area contributed by atoms with Gasteiger partial charge in [0.1, 0.15) is 0 Å². The molecule has 3 unspecified atom stereocenters. The predicted octanol–water partition coefficient (Wildman–Crippen LogP) is -0.960. The highest BCUT2D eigenvalue weighted by atomic mass is 16.5. The van der Waals surface area contributed by atoms with Gasteiger partial charge in [0.25, 0.3) is 0 Å². The van der Waals surface area contributed by atoms with Gasteiger partial charge in [0, 0.05) is 38.2 Å². The van der Waals surface area contributed by atoms with E-state index in [9.17, 15) is 10.2 Å². The Morgan fingerprint density at radius 2 is 2.06 bits per heavy atom. The Hall–Kier alpha value is -0.200. The minimum absolute atomic E-state index is 0.136. The van der Waals surface area contributed by atoms with E-state index in [0.29, 0.717) is 13.1 Å². The highest BCUT2D eigenvalue weighted by Crippen LogP contribution is 2.30. The number of hydrogen-bond acceptors (Lipinski definition) is 5. The molecule has 0 bridgehead atoms. The van der Waals surface area contributed by atoms with Gasteiger partial charge in [0.2, 0.25) is 0 Å². The van der Waals surface area contributed by atoms with E-state index in [4.69, 9.17) is 4.74 Å². The summed E-state index contributed by atoms with van der Waals surface area (Å²) < 4.78 is 5.61. The minimum Gasteiger partial charge on any atom is -0.389 e. The molecular weight excluding hydrogens is 220 g/mol. The van der Waals surface area contributed by atoms with E-state index < -0.39 is 12.2 Å². The predicted molar refractivity (Wildman–Crippen MR) is 64.9 cm³/mol. The summed E-state index contributed by atoms with van der Waals surface area (Å²) in [4.78, 5) is 2.15. The van der Waals surface area contributed by atoms with Crippen molar-refractivity contribution in [2.45, 2.75) is 25.0 Å². The maximum absolute atomic E-state index is 9.57. The molecule has 2 saturated heterocycles. The summed E-state index contributed by atoms with van der Waals surface area (Å²) in [6.45, 7) is 4.60. The van der Waals surface area contributed by atoms with Crippen LogP contribution in [-0.2, 0) is 4.74 Å². The number of rotatable bonds is 4. The van der Waals surface area contributed by atoms with Crippen LogP contribution in [0.25, 0.3) is 0 Å². The van der Waals surface area contributed by atoms with Gasteiger partial charge < -0.3 is 20.3 Å². The third-order valence-electron chi connectivity index (χ3n) is 3.85. The first-order chi connectivity index (χ1) is 8.15. The Labute approximate surface area is 103 Å². The number of nitrogens with zero attached hydrogens (tertiary/aromatic N) is 1. The fourth-order valence-corrected chi connectivity index (χ4v) is 3.06. The topological polar surface area (TPSA) is 65.0 Å². The van der Waals surface area contributed by atoms with Gasteiger partial charge in [-0.25, -0.2) is 0 Å². The monoisotopic (exact) mass is 244 g/mol. The highest BCUT2D eigenvalue weighted by Gasteiger charge is 2.38. The van der Waals surface area contributed by atoms with Crippen molar-refractivity contribution in [3.63, 3.8) is 0 Å². The lowest BCUT2D eigenvalue weighted by atomic mass is 9.82. The zero-order valence-corrected chi connectivity index (χ0v) is 10.6. The molecule has 0 spiro atoms. The molecule has 2 heterocycles. The Morgan fingerprint density at radius 3 is 2.59 bits per heavy atom. The van der Waals surface area contributed by atoms with Crippen LogP contribution in [0.1, 0.15) is 12.8 Å². The van der Waals surface area contributed by atoms with E-state index >= 15 is 0 Å². The van der Waals surface area contributed by atoms with Gasteiger partial charge in [0.05, 0.1) is 18.8 Å². The van der Waals surface area contributed by atoms with E-state index in [-0.39, 0.29) is 5.41 Å². The number of hydrogen-bond donors (Lipinski definition) is 3. The fourth-order valence-electron chi connectivity index (χ4n) is 3.06. The van der Waals surface area contributed by atoms with Crippen molar-refractivity contribution < 1.29 is 14.9 Å². The van der Waals surface area contributed by atoms with Crippen LogP contribution in [-0.4, -0.2) is 73.8 Å². The van der Waals surface area contributed by atoms with Crippen molar-refractivity contribution in [1.82, 2.24) is 10.2 Å². The molecule has 2 aliphatic rings. The van der Waals surface area contributed by atoms with E-state index in [1.165, 1.54) is 0 Å². The zero-order valence-electron chi connectivity index (χ0n) is 10.6. The summed E-state index contributed by atoms with van der Waals surface area (Å²) in [5.41, 5.74) is 0.136. The summed E-state index contributed by atoms with van der Waals surface area (Å²) in [6.07, 6.45) is 1.06. The number of aliphatic hydroxyl groups excluding tert-OH is 2. The molecule has 0 aromatic carbocycles. The first-order valence-corrected chi connectivity index (χ1v) is 6.46. The van der Waals surface area contributed by atoms with Gasteiger partial charge >= 0.3 is 0 Å². The second-order valence-electron chi connectivity index (χ2n) is 5.52. The first kappa shape index (κ1) is 13.2. The molecule has 0 saturated carbocycles. The van der Waals surface area contributed by atoms with Crippen molar-refractivity contribution in [2.75, 3.05) is 46.4 Å². The normalized spacial score (nSPS) is 39.7. The lowest BCUT2D eigenvalue weighted by Gasteiger charge is -2.39. The molecular formula is C12H24N2O3. The molecule has 100 valence electrons. The molecule has 3 N–H and O–H groups in total. The molecule has 0 aromatic heterocycles. The Bertz CT molecular complexity index is 228. The van der Waals surface area contributed by atoms with Crippen molar-refractivity contribution in [3.8, 4) is 0 Å². The molecule has 0 radical (unpaired) electrons. The van der Waals surface area contributed by atoms with Gasteiger partial charge in [-0.15, -0.1) is 0 Å². The molecule has 0 amide bonds.